The van der Waals surface area contributed by atoms with Gasteiger partial charge >= 0.3 is 0 Å². The lowest BCUT2D eigenvalue weighted by molar-refractivity contribution is 0.154. The molecule has 0 unspecified atom stereocenters. The lowest BCUT2D eigenvalue weighted by atomic mass is 10.1. The van der Waals surface area contributed by atoms with Gasteiger partial charge in [0.1, 0.15) is 11.6 Å². The van der Waals surface area contributed by atoms with Crippen LogP contribution in [0.15, 0.2) is 18.5 Å². The van der Waals surface area contributed by atoms with E-state index in [1.165, 1.54) is 0 Å². The zero-order valence-electron chi connectivity index (χ0n) is 15.0. The second-order valence-electron chi connectivity index (χ2n) is 6.38. The predicted molar refractivity (Wildman–Crippen MR) is 97.1 cm³/mol. The van der Waals surface area contributed by atoms with Gasteiger partial charge in [0, 0.05) is 36.6 Å². The fourth-order valence-electron chi connectivity index (χ4n) is 3.19. The average Bonchev–Trinajstić information content (AvgIpc) is 2.62. The van der Waals surface area contributed by atoms with Crippen molar-refractivity contribution in [1.29, 1.82) is 0 Å². The Labute approximate surface area is 148 Å². The number of aromatic nitrogens is 3. The van der Waals surface area contributed by atoms with Crippen LogP contribution in [0, 0.1) is 13.8 Å². The van der Waals surface area contributed by atoms with Gasteiger partial charge in [-0.15, -0.1) is 0 Å². The molecular weight excluding hydrogens is 318 g/mol. The minimum Gasteiger partial charge on any atom is -0.496 e. The van der Waals surface area contributed by atoms with Crippen molar-refractivity contribution < 1.29 is 9.84 Å². The van der Waals surface area contributed by atoms with Crippen LogP contribution in [0.2, 0.25) is 0 Å². The molecule has 134 valence electrons. The van der Waals surface area contributed by atoms with Crippen molar-refractivity contribution in [1.82, 2.24) is 15.0 Å². The lowest BCUT2D eigenvalue weighted by Gasteiger charge is -2.31. The Morgan fingerprint density at radius 1 is 1.36 bits per heavy atom. The monoisotopic (exact) mass is 343 g/mol. The molecule has 1 aliphatic heterocycles. The second-order valence-corrected chi connectivity index (χ2v) is 6.38. The minimum absolute atomic E-state index is 0.285. The van der Waals surface area contributed by atoms with Crippen LogP contribution < -0.4 is 15.0 Å². The van der Waals surface area contributed by atoms with E-state index in [4.69, 9.17) is 4.74 Å². The maximum Gasteiger partial charge on any atom is 0.224 e. The van der Waals surface area contributed by atoms with Crippen molar-refractivity contribution in [2.75, 3.05) is 30.4 Å². The number of aliphatic hydroxyl groups is 1. The fraction of sp³-hybridized carbons (Fsp3) is 0.500. The van der Waals surface area contributed by atoms with E-state index in [1.807, 2.05) is 26.1 Å². The number of nitrogens with one attached hydrogen (secondary N) is 1. The molecular formula is C18H25N5O2. The molecule has 0 aliphatic carbocycles. The number of anilines is 2. The Morgan fingerprint density at radius 2 is 2.20 bits per heavy atom. The molecule has 1 fully saturated rings. The molecule has 0 radical (unpaired) electrons. The fourth-order valence-corrected chi connectivity index (χ4v) is 3.19. The van der Waals surface area contributed by atoms with Crippen LogP contribution in [-0.4, -0.2) is 46.4 Å². The number of rotatable bonds is 5. The molecule has 1 saturated heterocycles. The summed E-state index contributed by atoms with van der Waals surface area (Å²) in [6.07, 6.45) is 5.09. The third-order valence-electron chi connectivity index (χ3n) is 4.53. The highest BCUT2D eigenvalue weighted by Gasteiger charge is 2.19. The van der Waals surface area contributed by atoms with Gasteiger partial charge in [0.25, 0.3) is 0 Å². The van der Waals surface area contributed by atoms with Crippen molar-refractivity contribution in [2.45, 2.75) is 39.3 Å². The van der Waals surface area contributed by atoms with E-state index >= 15 is 0 Å². The summed E-state index contributed by atoms with van der Waals surface area (Å²) >= 11 is 0. The van der Waals surface area contributed by atoms with Gasteiger partial charge in [-0.05, 0) is 32.8 Å². The van der Waals surface area contributed by atoms with Crippen molar-refractivity contribution in [3.63, 3.8) is 0 Å². The molecule has 0 amide bonds. The first kappa shape index (κ1) is 17.4. The molecule has 3 heterocycles. The van der Waals surface area contributed by atoms with Gasteiger partial charge in [-0.1, -0.05) is 0 Å². The van der Waals surface area contributed by atoms with Crippen molar-refractivity contribution >= 4 is 11.8 Å². The van der Waals surface area contributed by atoms with Crippen molar-refractivity contribution in [2.24, 2.45) is 0 Å². The third-order valence-corrected chi connectivity index (χ3v) is 4.53. The second kappa shape index (κ2) is 7.65. The standard InChI is InChI=1S/C18H25N5O2/c1-12-9-20-15(13(2)17(12)25-3)10-21-18-19-7-6-16(22-18)23-8-4-5-14(24)11-23/h6-7,9,14,24H,4-5,8,10-11H2,1-3H3,(H,19,21,22)/t14-/m1/s1. The Morgan fingerprint density at radius 3 is 2.96 bits per heavy atom. The van der Waals surface area contributed by atoms with Gasteiger partial charge in [0.15, 0.2) is 0 Å². The van der Waals surface area contributed by atoms with Gasteiger partial charge in [0.2, 0.25) is 5.95 Å². The zero-order chi connectivity index (χ0) is 17.8. The van der Waals surface area contributed by atoms with Crippen LogP contribution >= 0.6 is 0 Å². The molecule has 2 N–H and O–H groups in total. The number of ether oxygens (including phenoxy) is 1. The first-order chi connectivity index (χ1) is 12.1. The summed E-state index contributed by atoms with van der Waals surface area (Å²) < 4.78 is 5.45. The number of hydrogen-bond acceptors (Lipinski definition) is 7. The molecule has 0 bridgehead atoms. The molecule has 2 aromatic heterocycles. The largest absolute Gasteiger partial charge is 0.496 e. The molecule has 0 saturated carbocycles. The van der Waals surface area contributed by atoms with Crippen LogP contribution in [0.5, 0.6) is 5.75 Å². The minimum atomic E-state index is -0.285. The Hall–Kier alpha value is -2.41. The predicted octanol–water partition coefficient (Wildman–Crippen LogP) is 2.07. The quantitative estimate of drug-likeness (QED) is 0.860. The van der Waals surface area contributed by atoms with Gasteiger partial charge < -0.3 is 20.1 Å². The molecule has 25 heavy (non-hydrogen) atoms. The smallest absolute Gasteiger partial charge is 0.224 e. The lowest BCUT2D eigenvalue weighted by Crippen LogP contribution is -2.38. The number of methoxy groups -OCH3 is 1. The number of hydrogen-bond donors (Lipinski definition) is 2. The van der Waals surface area contributed by atoms with Crippen LogP contribution in [0.25, 0.3) is 0 Å². The molecule has 2 aromatic rings. The SMILES string of the molecule is COc1c(C)cnc(CNc2nccc(N3CCC[C@@H](O)C3)n2)c1C. The van der Waals surface area contributed by atoms with Gasteiger partial charge in [-0.2, -0.15) is 4.98 Å². The van der Waals surface area contributed by atoms with Crippen LogP contribution in [0.1, 0.15) is 29.7 Å². The molecule has 7 nitrogen and oxygen atoms in total. The summed E-state index contributed by atoms with van der Waals surface area (Å²) in [6.45, 7) is 6.03. The zero-order valence-corrected chi connectivity index (χ0v) is 15.0. The summed E-state index contributed by atoms with van der Waals surface area (Å²) in [6, 6.07) is 1.88. The van der Waals surface area contributed by atoms with E-state index in [0.29, 0.717) is 19.0 Å². The molecule has 0 aromatic carbocycles. The molecule has 1 aliphatic rings. The summed E-state index contributed by atoms with van der Waals surface area (Å²) in [5.74, 6) is 2.25. The maximum absolute atomic E-state index is 9.84. The maximum atomic E-state index is 9.84. The first-order valence-corrected chi connectivity index (χ1v) is 8.57. The topological polar surface area (TPSA) is 83.4 Å². The Bertz CT molecular complexity index is 737. The highest BCUT2D eigenvalue weighted by molar-refractivity contribution is 5.45. The van der Waals surface area contributed by atoms with E-state index in [-0.39, 0.29) is 6.10 Å². The highest BCUT2D eigenvalue weighted by atomic mass is 16.5. The summed E-state index contributed by atoms with van der Waals surface area (Å²) in [5.41, 5.74) is 2.95. The highest BCUT2D eigenvalue weighted by Crippen LogP contribution is 2.24. The van der Waals surface area contributed by atoms with Gasteiger partial charge in [-0.25, -0.2) is 4.98 Å². The Balaban J connectivity index is 1.71. The summed E-state index contributed by atoms with van der Waals surface area (Å²) in [5, 5.41) is 13.1. The third kappa shape index (κ3) is 3.99. The molecule has 1 atom stereocenters. The van der Waals surface area contributed by atoms with Crippen LogP contribution in [0.3, 0.4) is 0 Å². The normalized spacial score (nSPS) is 17.4. The van der Waals surface area contributed by atoms with Gasteiger partial charge in [0.05, 0.1) is 25.5 Å². The van der Waals surface area contributed by atoms with E-state index < -0.39 is 0 Å². The van der Waals surface area contributed by atoms with E-state index in [9.17, 15) is 5.11 Å². The number of aryl methyl sites for hydroxylation is 1. The summed E-state index contributed by atoms with van der Waals surface area (Å²) in [4.78, 5) is 15.4. The van der Waals surface area contributed by atoms with Crippen molar-refractivity contribution in [3.05, 3.63) is 35.3 Å². The van der Waals surface area contributed by atoms with E-state index in [1.54, 1.807) is 13.3 Å². The average molecular weight is 343 g/mol. The first-order valence-electron chi connectivity index (χ1n) is 8.57. The van der Waals surface area contributed by atoms with E-state index in [0.717, 1.165) is 47.8 Å². The molecule has 3 rings (SSSR count). The number of aliphatic hydroxyl groups excluding tert-OH is 1. The summed E-state index contributed by atoms with van der Waals surface area (Å²) in [7, 11) is 1.67. The van der Waals surface area contributed by atoms with Gasteiger partial charge in [-0.3, -0.25) is 4.98 Å². The van der Waals surface area contributed by atoms with E-state index in [2.05, 4.69) is 25.2 Å². The number of nitrogens with zero attached hydrogens (tertiary/aromatic N) is 4. The Kier molecular flexibility index (Phi) is 5.33. The molecule has 7 heteroatoms. The number of pyridine rings is 1. The van der Waals surface area contributed by atoms with Crippen LogP contribution in [-0.2, 0) is 6.54 Å². The van der Waals surface area contributed by atoms with Crippen molar-refractivity contribution in [3.8, 4) is 5.75 Å². The number of β-amino-alcohol motifs (C(OH)–C–C–N with tert-alkyl or cyclic N) is 1. The number of piperidine rings is 1. The molecule has 0 spiro atoms. The van der Waals surface area contributed by atoms with Crippen LogP contribution in [0.4, 0.5) is 11.8 Å².